The summed E-state index contributed by atoms with van der Waals surface area (Å²) in [6.45, 7) is 9.62. The molecule has 0 bridgehead atoms. The fraction of sp³-hybridized carbons (Fsp3) is 0.556. The molecule has 2 amide bonds. The minimum absolute atomic E-state index is 0.0233. The van der Waals surface area contributed by atoms with Crippen LogP contribution in [-0.2, 0) is 14.3 Å². The zero-order chi connectivity index (χ0) is 17.0. The number of rotatable bonds is 6. The van der Waals surface area contributed by atoms with Gasteiger partial charge in [0.2, 0.25) is 11.8 Å². The van der Waals surface area contributed by atoms with E-state index in [9.17, 15) is 9.59 Å². The summed E-state index contributed by atoms with van der Waals surface area (Å²) in [6.07, 6.45) is 0.937. The summed E-state index contributed by atoms with van der Waals surface area (Å²) in [6, 6.07) is 3.75. The fourth-order valence-corrected chi connectivity index (χ4v) is 3.21. The van der Waals surface area contributed by atoms with Crippen LogP contribution in [0.15, 0.2) is 12.1 Å². The molecule has 5 heteroatoms. The summed E-state index contributed by atoms with van der Waals surface area (Å²) < 4.78 is 5.17. The van der Waals surface area contributed by atoms with Crippen molar-refractivity contribution in [3.8, 4) is 0 Å². The molecule has 23 heavy (non-hydrogen) atoms. The zero-order valence-corrected chi connectivity index (χ0v) is 14.4. The van der Waals surface area contributed by atoms with Crippen molar-refractivity contribution in [2.45, 2.75) is 46.6 Å². The van der Waals surface area contributed by atoms with Gasteiger partial charge in [-0.3, -0.25) is 9.59 Å². The molecule has 1 saturated heterocycles. The maximum atomic E-state index is 12.6. The first kappa shape index (κ1) is 17.5. The van der Waals surface area contributed by atoms with Gasteiger partial charge in [-0.1, -0.05) is 17.7 Å². The lowest BCUT2D eigenvalue weighted by atomic mass is 10.0. The highest BCUT2D eigenvalue weighted by Crippen LogP contribution is 2.30. The van der Waals surface area contributed by atoms with Crippen molar-refractivity contribution in [3.05, 3.63) is 28.8 Å². The number of carbonyl (C=O) groups excluding carboxylic acids is 2. The van der Waals surface area contributed by atoms with E-state index >= 15 is 0 Å². The van der Waals surface area contributed by atoms with Gasteiger partial charge in [0, 0.05) is 25.3 Å². The second kappa shape index (κ2) is 7.59. The Bertz CT molecular complexity index is 575. The summed E-state index contributed by atoms with van der Waals surface area (Å²) in [5.41, 5.74) is 4.36. The molecule has 1 aliphatic heterocycles. The third-order valence-corrected chi connectivity index (χ3v) is 4.12. The highest BCUT2D eigenvalue weighted by atomic mass is 16.5. The van der Waals surface area contributed by atoms with Crippen LogP contribution in [0.1, 0.15) is 36.5 Å². The van der Waals surface area contributed by atoms with Crippen molar-refractivity contribution in [1.29, 1.82) is 0 Å². The number of ether oxygens (including phenoxy) is 1. The van der Waals surface area contributed by atoms with Gasteiger partial charge in [0.05, 0.1) is 6.61 Å². The number of nitrogens with one attached hydrogen (secondary N) is 1. The molecule has 0 unspecified atom stereocenters. The maximum Gasteiger partial charge on any atom is 0.249 e. The minimum Gasteiger partial charge on any atom is -0.381 e. The molecule has 1 atom stereocenters. The van der Waals surface area contributed by atoms with Gasteiger partial charge in [0.1, 0.15) is 6.04 Å². The average Bonchev–Trinajstić information content (AvgIpc) is 2.80. The van der Waals surface area contributed by atoms with Crippen molar-refractivity contribution in [1.82, 2.24) is 5.32 Å². The molecule has 5 nitrogen and oxygen atoms in total. The molecule has 1 aromatic rings. The monoisotopic (exact) mass is 318 g/mol. The molecular formula is C18H26N2O3. The van der Waals surface area contributed by atoms with E-state index in [1.165, 1.54) is 5.56 Å². The predicted molar refractivity (Wildman–Crippen MR) is 90.7 cm³/mol. The lowest BCUT2D eigenvalue weighted by molar-refractivity contribution is -0.127. The van der Waals surface area contributed by atoms with Gasteiger partial charge in [0.25, 0.3) is 0 Å². The molecule has 1 heterocycles. The van der Waals surface area contributed by atoms with Crippen LogP contribution < -0.4 is 10.2 Å². The third-order valence-electron chi connectivity index (χ3n) is 4.12. The predicted octanol–water partition coefficient (Wildman–Crippen LogP) is 2.26. The smallest absolute Gasteiger partial charge is 0.249 e. The van der Waals surface area contributed by atoms with Gasteiger partial charge in [-0.05, 0) is 45.2 Å². The van der Waals surface area contributed by atoms with Crippen LogP contribution in [0.4, 0.5) is 5.69 Å². The molecule has 0 radical (unpaired) electrons. The maximum absolute atomic E-state index is 12.6. The zero-order valence-electron chi connectivity index (χ0n) is 14.4. The number of anilines is 1. The largest absolute Gasteiger partial charge is 0.381 e. The first-order valence-corrected chi connectivity index (χ1v) is 8.20. The topological polar surface area (TPSA) is 58.6 Å². The Labute approximate surface area is 138 Å². The number of carbonyl (C=O) groups is 2. The molecule has 0 saturated carbocycles. The first-order valence-electron chi connectivity index (χ1n) is 8.20. The molecule has 0 spiro atoms. The summed E-state index contributed by atoms with van der Waals surface area (Å²) >= 11 is 0. The van der Waals surface area contributed by atoms with Crippen molar-refractivity contribution in [3.63, 3.8) is 0 Å². The second-order valence-electron chi connectivity index (χ2n) is 6.09. The van der Waals surface area contributed by atoms with Gasteiger partial charge in [-0.2, -0.15) is 0 Å². The Morgan fingerprint density at radius 1 is 1.30 bits per heavy atom. The van der Waals surface area contributed by atoms with E-state index in [1.54, 1.807) is 4.90 Å². The lowest BCUT2D eigenvalue weighted by Gasteiger charge is -2.22. The lowest BCUT2D eigenvalue weighted by Crippen LogP contribution is -2.42. The Morgan fingerprint density at radius 3 is 2.57 bits per heavy atom. The summed E-state index contributed by atoms with van der Waals surface area (Å²) in [4.78, 5) is 26.3. The summed E-state index contributed by atoms with van der Waals surface area (Å²) in [5, 5.41) is 2.83. The molecule has 1 fully saturated rings. The minimum atomic E-state index is -0.427. The van der Waals surface area contributed by atoms with Gasteiger partial charge >= 0.3 is 0 Å². The van der Waals surface area contributed by atoms with E-state index in [4.69, 9.17) is 4.74 Å². The van der Waals surface area contributed by atoms with Crippen molar-refractivity contribution in [2.24, 2.45) is 0 Å². The van der Waals surface area contributed by atoms with E-state index < -0.39 is 6.04 Å². The van der Waals surface area contributed by atoms with Crippen LogP contribution in [0.25, 0.3) is 0 Å². The van der Waals surface area contributed by atoms with E-state index in [0.717, 1.165) is 16.8 Å². The Hall–Kier alpha value is -1.88. The molecule has 1 aliphatic rings. The molecule has 0 aliphatic carbocycles. The Morgan fingerprint density at radius 2 is 1.96 bits per heavy atom. The number of benzene rings is 1. The van der Waals surface area contributed by atoms with Gasteiger partial charge in [-0.15, -0.1) is 0 Å². The fourth-order valence-electron chi connectivity index (χ4n) is 3.21. The average molecular weight is 318 g/mol. The van der Waals surface area contributed by atoms with E-state index in [1.807, 2.05) is 20.8 Å². The molecule has 2 rings (SSSR count). The van der Waals surface area contributed by atoms with Crippen molar-refractivity contribution >= 4 is 17.5 Å². The van der Waals surface area contributed by atoms with Gasteiger partial charge in [0.15, 0.2) is 0 Å². The van der Waals surface area contributed by atoms with Gasteiger partial charge in [-0.25, -0.2) is 0 Å². The van der Waals surface area contributed by atoms with Crippen LogP contribution in [0, 0.1) is 20.8 Å². The number of aryl methyl sites for hydroxylation is 3. The number of nitrogens with zero attached hydrogens (tertiary/aromatic N) is 1. The highest BCUT2D eigenvalue weighted by Gasteiger charge is 2.34. The van der Waals surface area contributed by atoms with Crippen LogP contribution in [0.5, 0.6) is 0 Å². The van der Waals surface area contributed by atoms with Crippen LogP contribution in [0.3, 0.4) is 0 Å². The molecule has 0 aromatic heterocycles. The van der Waals surface area contributed by atoms with E-state index in [0.29, 0.717) is 32.6 Å². The molecule has 126 valence electrons. The highest BCUT2D eigenvalue weighted by molar-refractivity contribution is 6.02. The summed E-state index contributed by atoms with van der Waals surface area (Å²) in [5.74, 6) is -0.152. The van der Waals surface area contributed by atoms with Gasteiger partial charge < -0.3 is 15.0 Å². The SMILES string of the molecule is CCOCCC(=O)N[C@H]1CCN(c2c(C)cc(C)cc2C)C1=O. The third kappa shape index (κ3) is 4.10. The van der Waals surface area contributed by atoms with Crippen LogP contribution in [0.2, 0.25) is 0 Å². The quantitative estimate of drug-likeness (QED) is 0.819. The van der Waals surface area contributed by atoms with Crippen molar-refractivity contribution < 1.29 is 14.3 Å². The normalized spacial score (nSPS) is 17.7. The van der Waals surface area contributed by atoms with Crippen molar-refractivity contribution in [2.75, 3.05) is 24.7 Å². The number of amides is 2. The van der Waals surface area contributed by atoms with Crippen LogP contribution >= 0.6 is 0 Å². The Kier molecular flexibility index (Phi) is 5.77. The Balaban J connectivity index is 2.03. The molecular weight excluding hydrogens is 292 g/mol. The van der Waals surface area contributed by atoms with E-state index in [2.05, 4.69) is 24.4 Å². The molecule has 1 aromatic carbocycles. The second-order valence-corrected chi connectivity index (χ2v) is 6.09. The summed E-state index contributed by atoms with van der Waals surface area (Å²) in [7, 11) is 0. The number of hydrogen-bond donors (Lipinski definition) is 1. The van der Waals surface area contributed by atoms with Crippen LogP contribution in [-0.4, -0.2) is 37.6 Å². The number of hydrogen-bond acceptors (Lipinski definition) is 3. The van der Waals surface area contributed by atoms with E-state index in [-0.39, 0.29) is 11.8 Å². The standard InChI is InChI=1S/C18H26N2O3/c1-5-23-9-7-16(21)19-15-6-8-20(18(15)22)17-13(3)10-12(2)11-14(17)4/h10-11,15H,5-9H2,1-4H3,(H,19,21)/t15-/m0/s1. The first-order chi connectivity index (χ1) is 10.9. The molecule has 1 N–H and O–H groups in total.